The molecular formula is C15H21FN2O. The molecule has 0 aliphatic carbocycles. The molecule has 1 atom stereocenters. The van der Waals surface area contributed by atoms with Crippen LogP contribution in [0.5, 0.6) is 0 Å². The summed E-state index contributed by atoms with van der Waals surface area (Å²) in [5.74, 6) is -0.151. The summed E-state index contributed by atoms with van der Waals surface area (Å²) in [4.78, 5) is 2.31. The van der Waals surface area contributed by atoms with Crippen LogP contribution in [-0.2, 0) is 10.3 Å². The number of hydrogen-bond donors (Lipinski definition) is 1. The van der Waals surface area contributed by atoms with Crippen LogP contribution >= 0.6 is 0 Å². The first kappa shape index (κ1) is 12.9. The number of halogens is 1. The van der Waals surface area contributed by atoms with Crippen LogP contribution in [0.4, 0.5) is 10.1 Å². The van der Waals surface area contributed by atoms with Crippen molar-refractivity contribution >= 4 is 5.69 Å². The molecule has 4 heteroatoms. The third-order valence-corrected chi connectivity index (χ3v) is 4.27. The lowest BCUT2D eigenvalue weighted by atomic mass is 9.88. The van der Waals surface area contributed by atoms with Gasteiger partial charge in [0.05, 0.1) is 13.2 Å². The zero-order chi connectivity index (χ0) is 13.3. The van der Waals surface area contributed by atoms with Crippen molar-refractivity contribution in [1.29, 1.82) is 0 Å². The number of benzene rings is 1. The van der Waals surface area contributed by atoms with E-state index in [0.29, 0.717) is 0 Å². The molecule has 2 aliphatic heterocycles. The smallest absolute Gasteiger partial charge is 0.123 e. The summed E-state index contributed by atoms with van der Waals surface area (Å²) >= 11 is 0. The van der Waals surface area contributed by atoms with E-state index in [-0.39, 0.29) is 11.4 Å². The molecule has 3 nitrogen and oxygen atoms in total. The lowest BCUT2D eigenvalue weighted by Crippen LogP contribution is -2.40. The molecule has 0 saturated carbocycles. The van der Waals surface area contributed by atoms with Gasteiger partial charge in [0.2, 0.25) is 0 Å². The molecule has 0 amide bonds. The van der Waals surface area contributed by atoms with Crippen LogP contribution in [0.3, 0.4) is 0 Å². The summed E-state index contributed by atoms with van der Waals surface area (Å²) < 4.78 is 19.1. The lowest BCUT2D eigenvalue weighted by Gasteiger charge is -2.35. The quantitative estimate of drug-likeness (QED) is 0.887. The van der Waals surface area contributed by atoms with E-state index in [0.717, 1.165) is 56.9 Å². The average molecular weight is 264 g/mol. The van der Waals surface area contributed by atoms with E-state index in [9.17, 15) is 4.39 Å². The first-order valence-electron chi connectivity index (χ1n) is 7.07. The van der Waals surface area contributed by atoms with Crippen LogP contribution in [0.15, 0.2) is 18.2 Å². The highest BCUT2D eigenvalue weighted by Crippen LogP contribution is 2.37. The molecule has 0 bridgehead atoms. The van der Waals surface area contributed by atoms with Crippen LogP contribution in [0.2, 0.25) is 0 Å². The Kier molecular flexibility index (Phi) is 3.46. The Balaban J connectivity index is 1.98. The van der Waals surface area contributed by atoms with E-state index in [1.807, 2.05) is 6.07 Å². The Morgan fingerprint density at radius 3 is 2.79 bits per heavy atom. The number of anilines is 1. The summed E-state index contributed by atoms with van der Waals surface area (Å²) in [6, 6.07) is 5.18. The van der Waals surface area contributed by atoms with Crippen LogP contribution < -0.4 is 10.2 Å². The highest BCUT2D eigenvalue weighted by molar-refractivity contribution is 5.57. The molecule has 1 unspecified atom stereocenters. The van der Waals surface area contributed by atoms with Gasteiger partial charge in [-0.2, -0.15) is 0 Å². The molecule has 0 radical (unpaired) electrons. The number of rotatable bonds is 2. The highest BCUT2D eigenvalue weighted by Gasteiger charge is 2.33. The second-order valence-corrected chi connectivity index (χ2v) is 5.62. The molecular weight excluding hydrogens is 243 g/mol. The van der Waals surface area contributed by atoms with Crippen molar-refractivity contribution in [2.24, 2.45) is 0 Å². The van der Waals surface area contributed by atoms with E-state index < -0.39 is 0 Å². The van der Waals surface area contributed by atoms with Crippen molar-refractivity contribution in [2.75, 3.05) is 37.7 Å². The van der Waals surface area contributed by atoms with Gasteiger partial charge in [-0.3, -0.25) is 0 Å². The maximum atomic E-state index is 13.7. The molecule has 1 N–H and O–H groups in total. The SMILES string of the molecule is CC1(c2cc(F)ccc2N2CCOCC2)CCCN1. The van der Waals surface area contributed by atoms with Gasteiger partial charge < -0.3 is 15.0 Å². The fraction of sp³-hybridized carbons (Fsp3) is 0.600. The molecule has 2 aliphatic rings. The minimum atomic E-state index is -0.151. The molecule has 19 heavy (non-hydrogen) atoms. The summed E-state index contributed by atoms with van der Waals surface area (Å²) in [5.41, 5.74) is 2.14. The highest BCUT2D eigenvalue weighted by atomic mass is 19.1. The molecule has 1 aromatic carbocycles. The Labute approximate surface area is 113 Å². The Bertz CT molecular complexity index is 451. The molecule has 0 aromatic heterocycles. The number of morpholine rings is 1. The first-order chi connectivity index (χ1) is 9.19. The van der Waals surface area contributed by atoms with Crippen LogP contribution in [0.1, 0.15) is 25.3 Å². The molecule has 1 aromatic rings. The molecule has 2 fully saturated rings. The van der Waals surface area contributed by atoms with E-state index >= 15 is 0 Å². The zero-order valence-electron chi connectivity index (χ0n) is 11.4. The Morgan fingerprint density at radius 1 is 1.32 bits per heavy atom. The predicted octanol–water partition coefficient (Wildman–Crippen LogP) is 2.26. The predicted molar refractivity (Wildman–Crippen MR) is 74.0 cm³/mol. The van der Waals surface area contributed by atoms with Crippen molar-refractivity contribution in [3.05, 3.63) is 29.6 Å². The van der Waals surface area contributed by atoms with Crippen molar-refractivity contribution in [1.82, 2.24) is 5.32 Å². The van der Waals surface area contributed by atoms with Crippen LogP contribution in [0.25, 0.3) is 0 Å². The third kappa shape index (κ3) is 2.47. The van der Waals surface area contributed by atoms with Crippen LogP contribution in [0, 0.1) is 5.82 Å². The van der Waals surface area contributed by atoms with Gasteiger partial charge in [0, 0.05) is 24.3 Å². The van der Waals surface area contributed by atoms with E-state index in [4.69, 9.17) is 4.74 Å². The minimum Gasteiger partial charge on any atom is -0.378 e. The zero-order valence-corrected chi connectivity index (χ0v) is 11.4. The maximum Gasteiger partial charge on any atom is 0.123 e. The summed E-state index contributed by atoms with van der Waals surface area (Å²) in [5, 5.41) is 3.53. The number of hydrogen-bond acceptors (Lipinski definition) is 3. The standard InChI is InChI=1S/C15H21FN2O/c1-15(5-2-6-17-15)13-11-12(16)3-4-14(13)18-7-9-19-10-8-18/h3-4,11,17H,2,5-10H2,1H3. The second kappa shape index (κ2) is 5.10. The minimum absolute atomic E-state index is 0.101. The summed E-state index contributed by atoms with van der Waals surface area (Å²) in [6.45, 7) is 6.46. The van der Waals surface area contributed by atoms with Crippen LogP contribution in [-0.4, -0.2) is 32.8 Å². The van der Waals surface area contributed by atoms with Gasteiger partial charge in [0.25, 0.3) is 0 Å². The molecule has 0 spiro atoms. The molecule has 2 saturated heterocycles. The van der Waals surface area contributed by atoms with E-state index in [1.54, 1.807) is 12.1 Å². The first-order valence-corrected chi connectivity index (χ1v) is 7.07. The lowest BCUT2D eigenvalue weighted by molar-refractivity contribution is 0.122. The van der Waals surface area contributed by atoms with Gasteiger partial charge >= 0.3 is 0 Å². The Hall–Kier alpha value is -1.13. The molecule has 3 rings (SSSR count). The van der Waals surface area contributed by atoms with Gasteiger partial charge in [-0.1, -0.05) is 0 Å². The Morgan fingerprint density at radius 2 is 2.11 bits per heavy atom. The number of nitrogens with one attached hydrogen (secondary N) is 1. The fourth-order valence-electron chi connectivity index (χ4n) is 3.15. The number of nitrogens with zero attached hydrogens (tertiary/aromatic N) is 1. The fourth-order valence-corrected chi connectivity index (χ4v) is 3.15. The van der Waals surface area contributed by atoms with Gasteiger partial charge in [-0.25, -0.2) is 4.39 Å². The number of ether oxygens (including phenoxy) is 1. The van der Waals surface area contributed by atoms with Crippen molar-refractivity contribution in [3.8, 4) is 0 Å². The van der Waals surface area contributed by atoms with Crippen molar-refractivity contribution in [3.63, 3.8) is 0 Å². The van der Waals surface area contributed by atoms with Crippen molar-refractivity contribution < 1.29 is 9.13 Å². The van der Waals surface area contributed by atoms with Crippen molar-refractivity contribution in [2.45, 2.75) is 25.3 Å². The van der Waals surface area contributed by atoms with E-state index in [1.165, 1.54) is 0 Å². The maximum absolute atomic E-state index is 13.7. The van der Waals surface area contributed by atoms with E-state index in [2.05, 4.69) is 17.1 Å². The summed E-state index contributed by atoms with van der Waals surface area (Å²) in [6.07, 6.45) is 2.21. The molecule has 2 heterocycles. The van der Waals surface area contributed by atoms with Gasteiger partial charge in [0.15, 0.2) is 0 Å². The van der Waals surface area contributed by atoms with Gasteiger partial charge in [-0.05, 0) is 50.1 Å². The summed E-state index contributed by atoms with van der Waals surface area (Å²) in [7, 11) is 0. The normalized spacial score (nSPS) is 27.8. The third-order valence-electron chi connectivity index (χ3n) is 4.27. The monoisotopic (exact) mass is 264 g/mol. The second-order valence-electron chi connectivity index (χ2n) is 5.62. The topological polar surface area (TPSA) is 24.5 Å². The van der Waals surface area contributed by atoms with Gasteiger partial charge in [0.1, 0.15) is 5.82 Å². The average Bonchev–Trinajstić information content (AvgIpc) is 2.88. The van der Waals surface area contributed by atoms with Gasteiger partial charge in [-0.15, -0.1) is 0 Å². The molecule has 104 valence electrons. The largest absolute Gasteiger partial charge is 0.378 e.